The molecule has 2 heteroatoms. The zero-order valence-electron chi connectivity index (χ0n) is 10.4. The Kier molecular flexibility index (Phi) is 3.04. The molecule has 0 radical (unpaired) electrons. The van der Waals surface area contributed by atoms with Gasteiger partial charge in [-0.05, 0) is 44.9 Å². The van der Waals surface area contributed by atoms with Crippen LogP contribution in [0.3, 0.4) is 0 Å². The van der Waals surface area contributed by atoms with Crippen LogP contribution in [0.15, 0.2) is 24.3 Å². The molecule has 0 spiro atoms. The molecule has 1 atom stereocenters. The van der Waals surface area contributed by atoms with Crippen LogP contribution in [0, 0.1) is 0 Å². The van der Waals surface area contributed by atoms with Crippen molar-refractivity contribution >= 4 is 0 Å². The highest BCUT2D eigenvalue weighted by molar-refractivity contribution is 5.34. The van der Waals surface area contributed by atoms with Gasteiger partial charge in [0.1, 0.15) is 0 Å². The maximum absolute atomic E-state index is 9.85. The quantitative estimate of drug-likeness (QED) is 0.843. The van der Waals surface area contributed by atoms with Crippen molar-refractivity contribution in [1.29, 1.82) is 0 Å². The van der Waals surface area contributed by atoms with Crippen molar-refractivity contribution in [2.75, 3.05) is 13.6 Å². The smallest absolute Gasteiger partial charge is 0.0718 e. The van der Waals surface area contributed by atoms with Crippen LogP contribution in [-0.4, -0.2) is 29.2 Å². The fraction of sp³-hybridized carbons (Fsp3) is 0.571. The van der Waals surface area contributed by atoms with Gasteiger partial charge in [0.05, 0.1) is 5.60 Å². The van der Waals surface area contributed by atoms with Gasteiger partial charge >= 0.3 is 0 Å². The van der Waals surface area contributed by atoms with Crippen molar-refractivity contribution in [2.24, 2.45) is 0 Å². The van der Waals surface area contributed by atoms with Gasteiger partial charge in [-0.15, -0.1) is 0 Å². The maximum Gasteiger partial charge on any atom is 0.0718 e. The van der Waals surface area contributed by atoms with Gasteiger partial charge in [-0.2, -0.15) is 0 Å². The first kappa shape index (κ1) is 11.6. The van der Waals surface area contributed by atoms with E-state index in [1.54, 1.807) is 0 Å². The lowest BCUT2D eigenvalue weighted by atomic mass is 10.0. The van der Waals surface area contributed by atoms with Gasteiger partial charge < -0.3 is 5.11 Å². The zero-order valence-corrected chi connectivity index (χ0v) is 10.4. The number of hydrogen-bond acceptors (Lipinski definition) is 2. The standard InChI is InChI=1S/C14H21NO/c1-14(2,16)10-15(3)13-9-8-11-6-4-5-7-12(11)13/h4-7,13,16H,8-10H2,1-3H3/t13-/m1/s1. The molecule has 1 aromatic carbocycles. The van der Waals surface area contributed by atoms with Crippen LogP contribution in [0.25, 0.3) is 0 Å². The minimum atomic E-state index is -0.619. The number of nitrogens with zero attached hydrogens (tertiary/aromatic N) is 1. The number of benzene rings is 1. The summed E-state index contributed by atoms with van der Waals surface area (Å²) in [5.41, 5.74) is 2.29. The van der Waals surface area contributed by atoms with Gasteiger partial charge in [-0.1, -0.05) is 24.3 Å². The van der Waals surface area contributed by atoms with Crippen molar-refractivity contribution in [3.8, 4) is 0 Å². The molecule has 2 rings (SSSR count). The molecule has 0 amide bonds. The van der Waals surface area contributed by atoms with Crippen LogP contribution in [0.2, 0.25) is 0 Å². The van der Waals surface area contributed by atoms with Gasteiger partial charge in [0, 0.05) is 12.6 Å². The van der Waals surface area contributed by atoms with Gasteiger partial charge in [0.2, 0.25) is 0 Å². The summed E-state index contributed by atoms with van der Waals surface area (Å²) in [6.45, 7) is 4.45. The second kappa shape index (κ2) is 4.19. The molecular weight excluding hydrogens is 198 g/mol. The summed E-state index contributed by atoms with van der Waals surface area (Å²) < 4.78 is 0. The lowest BCUT2D eigenvalue weighted by Gasteiger charge is -2.30. The molecule has 1 N–H and O–H groups in total. The molecule has 0 saturated carbocycles. The summed E-state index contributed by atoms with van der Waals surface area (Å²) in [5, 5.41) is 9.85. The van der Waals surface area contributed by atoms with E-state index in [0.29, 0.717) is 12.6 Å². The second-order valence-electron chi connectivity index (χ2n) is 5.48. The van der Waals surface area contributed by atoms with E-state index in [0.717, 1.165) is 6.42 Å². The number of aryl methyl sites for hydroxylation is 1. The second-order valence-corrected chi connectivity index (χ2v) is 5.48. The van der Waals surface area contributed by atoms with Gasteiger partial charge in [0.15, 0.2) is 0 Å². The predicted molar refractivity (Wildman–Crippen MR) is 66.4 cm³/mol. The normalized spacial score (nSPS) is 20.2. The Balaban J connectivity index is 2.13. The first-order valence-corrected chi connectivity index (χ1v) is 5.98. The van der Waals surface area contributed by atoms with Gasteiger partial charge in [-0.3, -0.25) is 4.90 Å². The highest BCUT2D eigenvalue weighted by Crippen LogP contribution is 2.35. The number of aliphatic hydroxyl groups is 1. The molecule has 0 saturated heterocycles. The average molecular weight is 219 g/mol. The third-order valence-electron chi connectivity index (χ3n) is 3.27. The van der Waals surface area contributed by atoms with Gasteiger partial charge in [-0.25, -0.2) is 0 Å². The van der Waals surface area contributed by atoms with Gasteiger partial charge in [0.25, 0.3) is 0 Å². The summed E-state index contributed by atoms with van der Waals surface area (Å²) in [5.74, 6) is 0. The van der Waals surface area contributed by atoms with Crippen molar-refractivity contribution in [3.05, 3.63) is 35.4 Å². The Morgan fingerprint density at radius 2 is 2.06 bits per heavy atom. The lowest BCUT2D eigenvalue weighted by molar-refractivity contribution is 0.0311. The fourth-order valence-corrected chi connectivity index (χ4v) is 2.71. The Morgan fingerprint density at radius 3 is 2.75 bits per heavy atom. The Bertz CT molecular complexity index is 367. The molecule has 16 heavy (non-hydrogen) atoms. The van der Waals surface area contributed by atoms with Crippen LogP contribution in [0.4, 0.5) is 0 Å². The Hall–Kier alpha value is -0.860. The molecule has 0 bridgehead atoms. The third kappa shape index (κ3) is 2.45. The Labute approximate surface area is 97.9 Å². The molecule has 2 nitrogen and oxygen atoms in total. The molecule has 1 aliphatic rings. The monoisotopic (exact) mass is 219 g/mol. The molecule has 1 aromatic rings. The van der Waals surface area contributed by atoms with E-state index in [1.165, 1.54) is 17.5 Å². The highest BCUT2D eigenvalue weighted by Gasteiger charge is 2.28. The van der Waals surface area contributed by atoms with E-state index in [-0.39, 0.29) is 0 Å². The summed E-state index contributed by atoms with van der Waals surface area (Å²) in [6.07, 6.45) is 2.34. The predicted octanol–water partition coefficient (Wildman–Crippen LogP) is 2.38. The topological polar surface area (TPSA) is 23.5 Å². The SMILES string of the molecule is CN(CC(C)(C)O)[C@@H]1CCc2ccccc21. The van der Waals surface area contributed by atoms with Crippen molar-refractivity contribution < 1.29 is 5.11 Å². The van der Waals surface area contributed by atoms with E-state index >= 15 is 0 Å². The largest absolute Gasteiger partial charge is 0.389 e. The highest BCUT2D eigenvalue weighted by atomic mass is 16.3. The average Bonchev–Trinajstić information content (AvgIpc) is 2.58. The molecule has 0 aliphatic heterocycles. The first-order valence-electron chi connectivity index (χ1n) is 5.98. The van der Waals surface area contributed by atoms with E-state index in [2.05, 4.69) is 36.2 Å². The lowest BCUT2D eigenvalue weighted by Crippen LogP contribution is -2.37. The van der Waals surface area contributed by atoms with Crippen LogP contribution in [0.1, 0.15) is 37.4 Å². The Morgan fingerprint density at radius 1 is 1.38 bits per heavy atom. The van der Waals surface area contributed by atoms with Crippen LogP contribution in [-0.2, 0) is 6.42 Å². The molecule has 1 aliphatic carbocycles. The van der Waals surface area contributed by atoms with E-state index in [1.807, 2.05) is 13.8 Å². The molecule has 0 unspecified atom stereocenters. The van der Waals surface area contributed by atoms with Crippen LogP contribution < -0.4 is 0 Å². The van der Waals surface area contributed by atoms with Crippen LogP contribution in [0.5, 0.6) is 0 Å². The maximum atomic E-state index is 9.85. The minimum absolute atomic E-state index is 0.475. The van der Waals surface area contributed by atoms with E-state index in [4.69, 9.17) is 0 Å². The minimum Gasteiger partial charge on any atom is -0.389 e. The van der Waals surface area contributed by atoms with E-state index < -0.39 is 5.60 Å². The summed E-state index contributed by atoms with van der Waals surface area (Å²) in [6, 6.07) is 9.12. The number of likely N-dealkylation sites (N-methyl/N-ethyl adjacent to an activating group) is 1. The zero-order chi connectivity index (χ0) is 11.8. The molecule has 88 valence electrons. The fourth-order valence-electron chi connectivity index (χ4n) is 2.71. The molecule has 0 heterocycles. The number of fused-ring (bicyclic) bond motifs is 1. The van der Waals surface area contributed by atoms with E-state index in [9.17, 15) is 5.11 Å². The first-order chi connectivity index (χ1) is 7.47. The summed E-state index contributed by atoms with van der Waals surface area (Å²) >= 11 is 0. The van der Waals surface area contributed by atoms with Crippen LogP contribution >= 0.6 is 0 Å². The van der Waals surface area contributed by atoms with Crippen molar-refractivity contribution in [1.82, 2.24) is 4.90 Å². The van der Waals surface area contributed by atoms with Crippen molar-refractivity contribution in [3.63, 3.8) is 0 Å². The summed E-state index contributed by atoms with van der Waals surface area (Å²) in [4.78, 5) is 2.27. The number of rotatable bonds is 3. The number of hydrogen-bond donors (Lipinski definition) is 1. The molecule has 0 aromatic heterocycles. The van der Waals surface area contributed by atoms with Crippen molar-refractivity contribution in [2.45, 2.75) is 38.3 Å². The molecule has 0 fully saturated rings. The molecular formula is C14H21NO. The third-order valence-corrected chi connectivity index (χ3v) is 3.27. The summed E-state index contributed by atoms with van der Waals surface area (Å²) in [7, 11) is 2.10.